The maximum absolute atomic E-state index is 6.14. The third-order valence-corrected chi connectivity index (χ3v) is 7.16. The minimum Gasteiger partial charge on any atom is -0.406 e. The smallest absolute Gasteiger partial charge is 0.148 e. The molecule has 0 spiro atoms. The van der Waals surface area contributed by atoms with E-state index in [4.69, 9.17) is 19.8 Å². The van der Waals surface area contributed by atoms with E-state index in [2.05, 4.69) is 67.4 Å². The van der Waals surface area contributed by atoms with E-state index in [0.717, 1.165) is 81.0 Å². The Labute approximate surface area is 246 Å². The van der Waals surface area contributed by atoms with Crippen molar-refractivity contribution in [2.45, 2.75) is 20.8 Å². The van der Waals surface area contributed by atoms with E-state index in [1.54, 1.807) is 0 Å². The summed E-state index contributed by atoms with van der Waals surface area (Å²) in [7, 11) is 0. The molecule has 6 bridgehead atoms. The number of hydroxylamine groups is 2. The van der Waals surface area contributed by atoms with Crippen molar-refractivity contribution in [1.82, 2.24) is 10.0 Å². The summed E-state index contributed by atoms with van der Waals surface area (Å²) in [6.45, 7) is 7.76. The summed E-state index contributed by atoms with van der Waals surface area (Å²) >= 11 is 0. The molecule has 0 radical (unpaired) electrons. The molecule has 6 heteroatoms. The summed E-state index contributed by atoms with van der Waals surface area (Å²) < 4.78 is 0. The molecule has 208 valence electrons. The largest absolute Gasteiger partial charge is 0.406 e. The quantitative estimate of drug-likeness (QED) is 0.304. The van der Waals surface area contributed by atoms with Gasteiger partial charge in [-0.05, 0) is 92.6 Å². The minimum absolute atomic E-state index is 0.775. The molecule has 0 saturated carbocycles. The molecule has 3 aromatic rings. The number of rotatable bonds is 7. The van der Waals surface area contributed by atoms with Crippen LogP contribution in [0.4, 0.5) is 0 Å². The van der Waals surface area contributed by atoms with Crippen LogP contribution >= 0.6 is 0 Å². The standard InChI is InChI=1S/C36H33N5O/c1-4-11-31-35(25-12-8-7-9-13-25)32-19-16-27(38-32)23-28-17-20-33(39-28)36(34-21-18-29(40-34)24-37-31)26-14-10-15-30(22-26)42-41(5-2)6-3/h4,7-24,39H,5-6H2,1-3H3/b11-4-,27-23?,28-23?,29-24?,35-31?,35-32?,36-33?,36-34?,37-24?,37-31?. The zero-order valence-corrected chi connectivity index (χ0v) is 24.1. The van der Waals surface area contributed by atoms with E-state index in [1.165, 1.54) is 0 Å². The molecule has 2 aromatic carbocycles. The Morgan fingerprint density at radius 2 is 1.67 bits per heavy atom. The van der Waals surface area contributed by atoms with Crippen LogP contribution in [0.5, 0.6) is 5.75 Å². The number of aromatic nitrogens is 1. The highest BCUT2D eigenvalue weighted by Gasteiger charge is 2.19. The van der Waals surface area contributed by atoms with E-state index in [9.17, 15) is 0 Å². The molecule has 0 saturated heterocycles. The van der Waals surface area contributed by atoms with Crippen molar-refractivity contribution in [3.8, 4) is 5.75 Å². The molecular weight excluding hydrogens is 518 g/mol. The van der Waals surface area contributed by atoms with Gasteiger partial charge in [0.25, 0.3) is 0 Å². The number of hydrogen-bond donors (Lipinski definition) is 1. The lowest BCUT2D eigenvalue weighted by Crippen LogP contribution is -2.26. The van der Waals surface area contributed by atoms with Crippen LogP contribution in [0.1, 0.15) is 43.3 Å². The fraction of sp³-hybridized carbons (Fsp3) is 0.139. The zero-order chi connectivity index (χ0) is 28.9. The number of H-pyrrole nitrogens is 1. The van der Waals surface area contributed by atoms with Gasteiger partial charge in [-0.3, -0.25) is 4.99 Å². The number of aliphatic imine (C=N–C) groups is 3. The first kappa shape index (κ1) is 27.1. The van der Waals surface area contributed by atoms with Gasteiger partial charge in [0.15, 0.2) is 0 Å². The van der Waals surface area contributed by atoms with Gasteiger partial charge in [-0.15, -0.1) is 5.06 Å². The van der Waals surface area contributed by atoms with Crippen molar-refractivity contribution in [3.63, 3.8) is 0 Å². The maximum Gasteiger partial charge on any atom is 0.148 e. The highest BCUT2D eigenvalue weighted by atomic mass is 16.7. The van der Waals surface area contributed by atoms with Crippen LogP contribution in [-0.2, 0) is 0 Å². The van der Waals surface area contributed by atoms with Gasteiger partial charge in [-0.25, -0.2) is 9.98 Å². The Balaban J connectivity index is 1.53. The number of aromatic amines is 1. The molecule has 4 heterocycles. The Bertz CT molecular complexity index is 1770. The molecule has 42 heavy (non-hydrogen) atoms. The average molecular weight is 552 g/mol. The van der Waals surface area contributed by atoms with Crippen LogP contribution < -0.4 is 4.84 Å². The normalized spacial score (nSPS) is 16.2. The van der Waals surface area contributed by atoms with Crippen molar-refractivity contribution < 1.29 is 4.84 Å². The third-order valence-electron chi connectivity index (χ3n) is 7.16. The molecule has 0 atom stereocenters. The monoisotopic (exact) mass is 551 g/mol. The fourth-order valence-corrected chi connectivity index (χ4v) is 5.16. The van der Waals surface area contributed by atoms with Gasteiger partial charge in [-0.1, -0.05) is 48.5 Å². The molecule has 3 aliphatic heterocycles. The lowest BCUT2D eigenvalue weighted by Gasteiger charge is -2.19. The van der Waals surface area contributed by atoms with Crippen molar-refractivity contribution in [2.75, 3.05) is 13.1 Å². The minimum atomic E-state index is 0.775. The summed E-state index contributed by atoms with van der Waals surface area (Å²) in [6.07, 6.45) is 16.1. The molecule has 1 N–H and O–H groups in total. The predicted molar refractivity (Wildman–Crippen MR) is 175 cm³/mol. The van der Waals surface area contributed by atoms with Crippen LogP contribution in [0.25, 0.3) is 17.2 Å². The molecular formula is C36H33N5O. The number of allylic oxidation sites excluding steroid dienone is 7. The molecule has 1 aromatic heterocycles. The van der Waals surface area contributed by atoms with Crippen LogP contribution in [-0.4, -0.2) is 40.8 Å². The van der Waals surface area contributed by atoms with E-state index in [1.807, 2.05) is 78.9 Å². The topological polar surface area (TPSA) is 65.3 Å². The average Bonchev–Trinajstić information content (AvgIpc) is 3.78. The summed E-state index contributed by atoms with van der Waals surface area (Å²) in [5.74, 6) is 0.786. The van der Waals surface area contributed by atoms with Gasteiger partial charge in [-0.2, -0.15) is 0 Å². The SMILES string of the molecule is C/C=C\C1=C(c2ccccc2)C2=NC(=Cc3ccc([nH]3)C(c3cccc(ON(CC)CC)c3)=C3C=CC(=N3)C=N1)C=C2. The zero-order valence-electron chi connectivity index (χ0n) is 24.1. The number of benzene rings is 2. The van der Waals surface area contributed by atoms with Crippen LogP contribution in [0.2, 0.25) is 0 Å². The summed E-state index contributed by atoms with van der Waals surface area (Å²) in [5, 5.41) is 1.93. The van der Waals surface area contributed by atoms with Crippen molar-refractivity contribution in [1.29, 1.82) is 0 Å². The second kappa shape index (κ2) is 12.2. The van der Waals surface area contributed by atoms with Crippen molar-refractivity contribution in [3.05, 3.63) is 143 Å². The highest BCUT2D eigenvalue weighted by molar-refractivity contribution is 6.38. The molecule has 0 amide bonds. The third kappa shape index (κ3) is 5.71. The molecule has 6 nitrogen and oxygen atoms in total. The van der Waals surface area contributed by atoms with Crippen LogP contribution in [0, 0.1) is 0 Å². The van der Waals surface area contributed by atoms with Crippen molar-refractivity contribution >= 4 is 34.9 Å². The molecule has 3 aliphatic rings. The Morgan fingerprint density at radius 3 is 2.48 bits per heavy atom. The van der Waals surface area contributed by atoms with Crippen LogP contribution in [0.3, 0.4) is 0 Å². The van der Waals surface area contributed by atoms with Gasteiger partial charge in [0.1, 0.15) is 5.75 Å². The van der Waals surface area contributed by atoms with Crippen molar-refractivity contribution in [2.24, 2.45) is 15.0 Å². The first-order valence-electron chi connectivity index (χ1n) is 14.3. The summed E-state index contributed by atoms with van der Waals surface area (Å²) in [5.41, 5.74) is 10.1. The van der Waals surface area contributed by atoms with Gasteiger partial charge < -0.3 is 9.82 Å². The molecule has 0 aliphatic carbocycles. The Kier molecular flexibility index (Phi) is 7.88. The van der Waals surface area contributed by atoms with E-state index < -0.39 is 0 Å². The molecule has 0 unspecified atom stereocenters. The number of nitrogens with zero attached hydrogens (tertiary/aromatic N) is 4. The van der Waals surface area contributed by atoms with Gasteiger partial charge in [0, 0.05) is 35.6 Å². The molecule has 0 fully saturated rings. The second-order valence-electron chi connectivity index (χ2n) is 9.98. The Hall–Kier alpha value is -5.07. The first-order chi connectivity index (χ1) is 20.6. The first-order valence-corrected chi connectivity index (χ1v) is 14.3. The summed E-state index contributed by atoms with van der Waals surface area (Å²) in [4.78, 5) is 24.7. The van der Waals surface area contributed by atoms with E-state index in [0.29, 0.717) is 0 Å². The summed E-state index contributed by atoms with van der Waals surface area (Å²) in [6, 6.07) is 22.6. The lowest BCUT2D eigenvalue weighted by atomic mass is 9.98. The fourth-order valence-electron chi connectivity index (χ4n) is 5.16. The number of nitrogens with one attached hydrogen (secondary N) is 1. The predicted octanol–water partition coefficient (Wildman–Crippen LogP) is 7.84. The highest BCUT2D eigenvalue weighted by Crippen LogP contribution is 2.33. The van der Waals surface area contributed by atoms with Gasteiger partial charge >= 0.3 is 0 Å². The number of hydrogen-bond acceptors (Lipinski definition) is 5. The Morgan fingerprint density at radius 1 is 0.833 bits per heavy atom. The van der Waals surface area contributed by atoms with E-state index >= 15 is 0 Å². The maximum atomic E-state index is 6.14. The van der Waals surface area contributed by atoms with E-state index in [-0.39, 0.29) is 0 Å². The lowest BCUT2D eigenvalue weighted by molar-refractivity contribution is -0.0486. The molecule has 6 rings (SSSR count). The number of fused-ring (bicyclic) bond motifs is 4. The second-order valence-corrected chi connectivity index (χ2v) is 9.98. The van der Waals surface area contributed by atoms with Crippen LogP contribution in [0.15, 0.2) is 135 Å². The van der Waals surface area contributed by atoms with Gasteiger partial charge in [0.05, 0.1) is 34.7 Å². The van der Waals surface area contributed by atoms with Gasteiger partial charge in [0.2, 0.25) is 0 Å².